The molecule has 4 heterocycles. The Morgan fingerprint density at radius 1 is 1.16 bits per heavy atom. The fourth-order valence-electron chi connectivity index (χ4n) is 6.30. The van der Waals surface area contributed by atoms with E-state index in [1.807, 2.05) is 13.1 Å². The van der Waals surface area contributed by atoms with Crippen molar-refractivity contribution in [3.05, 3.63) is 67.8 Å². The van der Waals surface area contributed by atoms with Crippen molar-refractivity contribution in [1.82, 2.24) is 25.2 Å². The summed E-state index contributed by atoms with van der Waals surface area (Å²) in [5.41, 5.74) is 8.45. The molecule has 2 aromatic heterocycles. The first kappa shape index (κ1) is 24.7. The van der Waals surface area contributed by atoms with Crippen molar-refractivity contribution in [2.24, 2.45) is 5.92 Å². The Labute approximate surface area is 222 Å². The van der Waals surface area contributed by atoms with Gasteiger partial charge in [-0.3, -0.25) is 14.7 Å². The Morgan fingerprint density at radius 3 is 2.70 bits per heavy atom. The average molecular weight is 522 g/mol. The van der Waals surface area contributed by atoms with Gasteiger partial charge in [0.05, 0.1) is 17.1 Å². The third-order valence-electron chi connectivity index (χ3n) is 8.27. The summed E-state index contributed by atoms with van der Waals surface area (Å²) >= 11 is 6.31. The lowest BCUT2D eigenvalue weighted by Gasteiger charge is -2.31. The number of hydrogen-bond acceptors (Lipinski definition) is 5. The van der Waals surface area contributed by atoms with Crippen LogP contribution in [0.25, 0.3) is 5.57 Å². The molecule has 37 heavy (non-hydrogen) atoms. The van der Waals surface area contributed by atoms with E-state index in [0.29, 0.717) is 36.7 Å². The lowest BCUT2D eigenvalue weighted by atomic mass is 9.76. The maximum absolute atomic E-state index is 16.4. The number of nitrogens with zero attached hydrogens (tertiary/aromatic N) is 4. The van der Waals surface area contributed by atoms with E-state index in [-0.39, 0.29) is 29.3 Å². The molecule has 194 valence electrons. The predicted molar refractivity (Wildman–Crippen MR) is 142 cm³/mol. The van der Waals surface area contributed by atoms with E-state index in [2.05, 4.69) is 39.0 Å². The van der Waals surface area contributed by atoms with Crippen LogP contribution < -0.4 is 5.32 Å². The quantitative estimate of drug-likeness (QED) is 0.563. The van der Waals surface area contributed by atoms with Crippen LogP contribution in [0.2, 0.25) is 5.28 Å². The van der Waals surface area contributed by atoms with E-state index in [1.165, 1.54) is 12.8 Å². The van der Waals surface area contributed by atoms with Gasteiger partial charge in [0.2, 0.25) is 5.28 Å². The first-order chi connectivity index (χ1) is 17.8. The molecular formula is C29H33ClFN5O. The second-order valence-corrected chi connectivity index (χ2v) is 11.5. The molecular weight excluding hydrogens is 489 g/mol. The van der Waals surface area contributed by atoms with Crippen LogP contribution in [-0.4, -0.2) is 44.9 Å². The van der Waals surface area contributed by atoms with Crippen LogP contribution in [0.15, 0.2) is 22.9 Å². The molecule has 1 N–H and O–H groups in total. The van der Waals surface area contributed by atoms with Crippen molar-refractivity contribution in [3.63, 3.8) is 0 Å². The number of aryl methyl sites for hydroxylation is 1. The van der Waals surface area contributed by atoms with Crippen LogP contribution in [0.3, 0.4) is 0 Å². The molecule has 0 unspecified atom stereocenters. The number of amides is 1. The van der Waals surface area contributed by atoms with Gasteiger partial charge in [0.15, 0.2) is 5.82 Å². The summed E-state index contributed by atoms with van der Waals surface area (Å²) in [6, 6.07) is 0.641. The third-order valence-corrected chi connectivity index (χ3v) is 8.44. The average Bonchev–Trinajstić information content (AvgIpc) is 3.71. The van der Waals surface area contributed by atoms with Crippen LogP contribution in [0.1, 0.15) is 80.2 Å². The van der Waals surface area contributed by atoms with Crippen LogP contribution in [0.4, 0.5) is 4.39 Å². The Hall–Kier alpha value is -2.64. The second kappa shape index (κ2) is 9.59. The Morgan fingerprint density at radius 2 is 1.97 bits per heavy atom. The number of pyridine rings is 1. The standard InChI is InChI=1S/C29H33ClFN5O/c1-15(2)24-19(25-16(3)8-10-32-28(25)37)7-4-17-13-33-23(27(31)26(17)24)12-22-20-14-36(18-5-6-18)11-9-21(20)34-29(30)35-22/h13,15,18H,4-12,14H2,1-3H3,(H,32,37). The lowest BCUT2D eigenvalue weighted by molar-refractivity contribution is -0.117. The molecule has 1 saturated carbocycles. The fraction of sp³-hybridized carbons (Fsp3) is 0.517. The normalized spacial score (nSPS) is 20.3. The molecule has 4 aliphatic rings. The predicted octanol–water partition coefficient (Wildman–Crippen LogP) is 4.97. The van der Waals surface area contributed by atoms with Gasteiger partial charge in [0, 0.05) is 61.4 Å². The van der Waals surface area contributed by atoms with E-state index < -0.39 is 0 Å². The summed E-state index contributed by atoms with van der Waals surface area (Å²) in [7, 11) is 0. The molecule has 1 fully saturated rings. The molecule has 0 saturated heterocycles. The molecule has 0 radical (unpaired) electrons. The molecule has 6 nitrogen and oxygen atoms in total. The fourth-order valence-corrected chi connectivity index (χ4v) is 6.50. The highest BCUT2D eigenvalue weighted by Gasteiger charge is 2.34. The van der Waals surface area contributed by atoms with Crippen molar-refractivity contribution in [2.45, 2.75) is 78.3 Å². The number of fused-ring (bicyclic) bond motifs is 2. The van der Waals surface area contributed by atoms with E-state index in [1.54, 1.807) is 0 Å². The molecule has 2 aliphatic heterocycles. The number of halogens is 2. The monoisotopic (exact) mass is 521 g/mol. The summed E-state index contributed by atoms with van der Waals surface area (Å²) in [5.74, 6) is -0.286. The smallest absolute Gasteiger partial charge is 0.251 e. The summed E-state index contributed by atoms with van der Waals surface area (Å²) in [4.78, 5) is 29.0. The Balaban J connectivity index is 1.43. The molecule has 0 spiro atoms. The van der Waals surface area contributed by atoms with Crippen LogP contribution >= 0.6 is 11.6 Å². The SMILES string of the molecule is CC1=C(C2=C(C(C)C)c3c(cnc(Cc4nc(Cl)nc5c4CN(C4CC4)CC5)c3F)CC2)C(=O)NCC1. The van der Waals surface area contributed by atoms with E-state index >= 15 is 4.39 Å². The number of carbonyl (C=O) groups is 1. The molecule has 1 amide bonds. The van der Waals surface area contributed by atoms with Gasteiger partial charge in [-0.1, -0.05) is 19.4 Å². The van der Waals surface area contributed by atoms with Gasteiger partial charge in [-0.25, -0.2) is 14.4 Å². The first-order valence-electron chi connectivity index (χ1n) is 13.5. The van der Waals surface area contributed by atoms with Gasteiger partial charge >= 0.3 is 0 Å². The van der Waals surface area contributed by atoms with Gasteiger partial charge < -0.3 is 5.32 Å². The van der Waals surface area contributed by atoms with Gasteiger partial charge in [-0.2, -0.15) is 0 Å². The molecule has 6 rings (SSSR count). The maximum Gasteiger partial charge on any atom is 0.251 e. The van der Waals surface area contributed by atoms with Crippen molar-refractivity contribution >= 4 is 23.1 Å². The van der Waals surface area contributed by atoms with Gasteiger partial charge in [0.25, 0.3) is 5.91 Å². The van der Waals surface area contributed by atoms with Crippen LogP contribution in [-0.2, 0) is 30.6 Å². The number of rotatable bonds is 5. The summed E-state index contributed by atoms with van der Waals surface area (Å²) in [5, 5.41) is 3.20. The maximum atomic E-state index is 16.4. The number of carbonyl (C=O) groups excluding carboxylic acids is 1. The largest absolute Gasteiger partial charge is 0.352 e. The first-order valence-corrected chi connectivity index (χ1v) is 13.9. The van der Waals surface area contributed by atoms with E-state index in [9.17, 15) is 4.79 Å². The molecule has 0 aromatic carbocycles. The lowest BCUT2D eigenvalue weighted by Crippen LogP contribution is -2.34. The topological polar surface area (TPSA) is 71.0 Å². The zero-order chi connectivity index (χ0) is 25.8. The summed E-state index contributed by atoms with van der Waals surface area (Å²) < 4.78 is 16.4. The second-order valence-electron chi connectivity index (χ2n) is 11.1. The zero-order valence-corrected chi connectivity index (χ0v) is 22.5. The molecule has 2 aromatic rings. The van der Waals surface area contributed by atoms with E-state index in [4.69, 9.17) is 11.6 Å². The number of nitrogens with one attached hydrogen (secondary N) is 1. The van der Waals surface area contributed by atoms with Crippen molar-refractivity contribution < 1.29 is 9.18 Å². The molecule has 8 heteroatoms. The minimum Gasteiger partial charge on any atom is -0.352 e. The van der Waals surface area contributed by atoms with Gasteiger partial charge in [-0.15, -0.1) is 0 Å². The minimum absolute atomic E-state index is 0.0440. The highest BCUT2D eigenvalue weighted by Crippen LogP contribution is 2.42. The van der Waals surface area contributed by atoms with Gasteiger partial charge in [0.1, 0.15) is 0 Å². The number of allylic oxidation sites excluding steroid dienone is 1. The number of hydrogen-bond donors (Lipinski definition) is 1. The third kappa shape index (κ3) is 4.50. The van der Waals surface area contributed by atoms with Crippen LogP contribution in [0, 0.1) is 11.7 Å². The Kier molecular flexibility index (Phi) is 6.40. The highest BCUT2D eigenvalue weighted by atomic mass is 35.5. The van der Waals surface area contributed by atoms with Crippen molar-refractivity contribution in [2.75, 3.05) is 13.1 Å². The zero-order valence-electron chi connectivity index (χ0n) is 21.8. The van der Waals surface area contributed by atoms with Gasteiger partial charge in [-0.05, 0) is 73.3 Å². The highest BCUT2D eigenvalue weighted by molar-refractivity contribution is 6.28. The van der Waals surface area contributed by atoms with Crippen molar-refractivity contribution in [1.29, 1.82) is 0 Å². The minimum atomic E-state index is -0.300. The van der Waals surface area contributed by atoms with Crippen LogP contribution in [0.5, 0.6) is 0 Å². The number of aromatic nitrogens is 3. The van der Waals surface area contributed by atoms with Crippen molar-refractivity contribution in [3.8, 4) is 0 Å². The summed E-state index contributed by atoms with van der Waals surface area (Å²) in [6.45, 7) is 8.59. The molecule has 0 atom stereocenters. The van der Waals surface area contributed by atoms with E-state index in [0.717, 1.165) is 70.7 Å². The Bertz CT molecular complexity index is 1360. The summed E-state index contributed by atoms with van der Waals surface area (Å²) in [6.07, 6.45) is 7.60. The molecule has 2 aliphatic carbocycles. The molecule has 0 bridgehead atoms.